The van der Waals surface area contributed by atoms with Crippen molar-refractivity contribution in [3.8, 4) is 0 Å². The lowest BCUT2D eigenvalue weighted by atomic mass is 10.1. The summed E-state index contributed by atoms with van der Waals surface area (Å²) in [5, 5.41) is 18.7. The van der Waals surface area contributed by atoms with E-state index >= 15 is 0 Å². The largest absolute Gasteiger partial charge is 0.545 e. The number of hydrogen-bond acceptors (Lipinski definition) is 8. The lowest BCUT2D eigenvalue weighted by molar-refractivity contribution is -0.350. The molecule has 0 amide bonds. The summed E-state index contributed by atoms with van der Waals surface area (Å²) in [6.45, 7) is 0. The molecule has 0 fully saturated rings. The van der Waals surface area contributed by atoms with Gasteiger partial charge in [-0.2, -0.15) is 0 Å². The highest BCUT2D eigenvalue weighted by Gasteiger charge is 2.02. The summed E-state index contributed by atoms with van der Waals surface area (Å²) in [7, 11) is 0. The Morgan fingerprint density at radius 2 is 1.52 bits per heavy atom. The second-order valence-electron chi connectivity index (χ2n) is 3.65. The lowest BCUT2D eigenvalue weighted by Crippen LogP contribution is -2.22. The van der Waals surface area contributed by atoms with Gasteiger partial charge in [0.25, 0.3) is 0 Å². The van der Waals surface area contributed by atoms with Gasteiger partial charge in [-0.05, 0) is 17.7 Å². The molecule has 0 unspecified atom stereocenters. The van der Waals surface area contributed by atoms with Gasteiger partial charge in [0.15, 0.2) is 0 Å². The number of benzene rings is 1. The number of carbonyl (C=O) groups is 2. The number of aromatic nitrogens is 3. The first-order valence-electron chi connectivity index (χ1n) is 5.42. The maximum Gasteiger partial charge on any atom is 0.335 e. The second kappa shape index (κ2) is 9.43. The van der Waals surface area contributed by atoms with Crippen molar-refractivity contribution in [3.63, 3.8) is 0 Å². The molecular weight excluding hydrogens is 312 g/mol. The zero-order valence-electron chi connectivity index (χ0n) is 11.6. The van der Waals surface area contributed by atoms with Gasteiger partial charge in [0.1, 0.15) is 0 Å². The van der Waals surface area contributed by atoms with Crippen LogP contribution in [0, 0.1) is 0 Å². The zero-order chi connectivity index (χ0) is 16.0. The molecule has 0 bridgehead atoms. The molecule has 0 aliphatic heterocycles. The SMILES string of the molecule is Nc1nc(N)[nH+]c(N)n1.O.O.O=C([O-])c1cccc(C(=O)O)c1. The molecule has 2 rings (SSSR count). The van der Waals surface area contributed by atoms with E-state index in [2.05, 4.69) is 15.0 Å². The normalized spacial score (nSPS) is 8.52. The molecule has 1 aromatic carbocycles. The highest BCUT2D eigenvalue weighted by Crippen LogP contribution is 2.03. The molecule has 1 aromatic heterocycles. The van der Waals surface area contributed by atoms with Crippen LogP contribution in [0.1, 0.15) is 20.7 Å². The van der Waals surface area contributed by atoms with Crippen molar-refractivity contribution >= 4 is 29.8 Å². The predicted molar refractivity (Wildman–Crippen MR) is 76.8 cm³/mol. The van der Waals surface area contributed by atoms with Gasteiger partial charge >= 0.3 is 23.8 Å². The number of aromatic carboxylic acids is 2. The van der Waals surface area contributed by atoms with Crippen LogP contribution in [0.15, 0.2) is 24.3 Å². The van der Waals surface area contributed by atoms with Crippen LogP contribution in [-0.2, 0) is 0 Å². The van der Waals surface area contributed by atoms with Gasteiger partial charge in [-0.3, -0.25) is 0 Å². The Hall–Kier alpha value is -3.51. The van der Waals surface area contributed by atoms with Gasteiger partial charge in [0.2, 0.25) is 0 Å². The quantitative estimate of drug-likeness (QED) is 0.419. The number of carbonyl (C=O) groups excluding carboxylic acids is 1. The number of carboxylic acids is 2. The maximum atomic E-state index is 10.4. The smallest absolute Gasteiger partial charge is 0.335 e. The molecule has 0 radical (unpaired) electrons. The highest BCUT2D eigenvalue weighted by atomic mass is 16.4. The Bertz CT molecular complexity index is 600. The number of H-pyrrole nitrogens is 1. The monoisotopic (exact) mass is 328 g/mol. The minimum atomic E-state index is -1.38. The third-order valence-electron chi connectivity index (χ3n) is 2.07. The first-order valence-corrected chi connectivity index (χ1v) is 5.42. The molecule has 126 valence electrons. The Morgan fingerprint density at radius 1 is 1.04 bits per heavy atom. The number of aromatic amines is 1. The fourth-order valence-electron chi connectivity index (χ4n) is 1.24. The molecule has 0 saturated carbocycles. The van der Waals surface area contributed by atoms with Gasteiger partial charge in [0, 0.05) is 0 Å². The third-order valence-corrected chi connectivity index (χ3v) is 2.07. The van der Waals surface area contributed by atoms with E-state index in [0.717, 1.165) is 6.07 Å². The van der Waals surface area contributed by atoms with E-state index in [-0.39, 0.29) is 39.9 Å². The molecule has 1 heterocycles. The van der Waals surface area contributed by atoms with E-state index in [1.807, 2.05) is 0 Å². The van der Waals surface area contributed by atoms with Crippen LogP contribution in [0.4, 0.5) is 17.8 Å². The van der Waals surface area contributed by atoms with Crippen molar-refractivity contribution in [1.82, 2.24) is 9.97 Å². The standard InChI is InChI=1S/C8H6O4.C3H6N6.2H2O/c9-7(10)5-2-1-3-6(4-5)8(11)12;4-1-7-2(5)9-3(6)8-1;;/h1-4H,(H,9,10)(H,11,12);(H6,4,5,6,7,8,9);2*1H2. The lowest BCUT2D eigenvalue weighted by Gasteiger charge is -2.01. The molecule has 0 aliphatic rings. The summed E-state index contributed by atoms with van der Waals surface area (Å²) in [5.74, 6) is -2.13. The van der Waals surface area contributed by atoms with Crippen LogP contribution in [0.25, 0.3) is 0 Å². The molecule has 12 heteroatoms. The average molecular weight is 328 g/mol. The molecule has 0 atom stereocenters. The van der Waals surface area contributed by atoms with E-state index < -0.39 is 11.9 Å². The van der Waals surface area contributed by atoms with E-state index in [1.165, 1.54) is 18.2 Å². The van der Waals surface area contributed by atoms with Crippen molar-refractivity contribution in [2.24, 2.45) is 0 Å². The Balaban J connectivity index is 0. The van der Waals surface area contributed by atoms with Crippen LogP contribution in [0.5, 0.6) is 0 Å². The minimum absolute atomic E-state index is 0. The molecule has 0 aliphatic carbocycles. The first kappa shape index (κ1) is 21.8. The number of nitrogens with two attached hydrogens (primary N) is 3. The highest BCUT2D eigenvalue weighted by molar-refractivity contribution is 5.92. The van der Waals surface area contributed by atoms with E-state index in [9.17, 15) is 14.7 Å². The van der Waals surface area contributed by atoms with Crippen LogP contribution in [0.3, 0.4) is 0 Å². The molecule has 23 heavy (non-hydrogen) atoms. The van der Waals surface area contributed by atoms with Crippen molar-refractivity contribution in [3.05, 3.63) is 35.4 Å². The maximum absolute atomic E-state index is 10.4. The topological polar surface area (TPSA) is 258 Å². The Labute approximate surface area is 129 Å². The van der Waals surface area contributed by atoms with Crippen LogP contribution >= 0.6 is 0 Å². The van der Waals surface area contributed by atoms with Crippen molar-refractivity contribution in [2.45, 2.75) is 0 Å². The van der Waals surface area contributed by atoms with Crippen LogP contribution in [0.2, 0.25) is 0 Å². The Morgan fingerprint density at radius 3 is 1.91 bits per heavy atom. The summed E-state index contributed by atoms with van der Waals surface area (Å²) < 4.78 is 0. The first-order chi connectivity index (χ1) is 9.79. The molecule has 2 aromatic rings. The number of anilines is 3. The van der Waals surface area contributed by atoms with Crippen molar-refractivity contribution in [2.75, 3.05) is 17.2 Å². The van der Waals surface area contributed by atoms with E-state index in [4.69, 9.17) is 22.3 Å². The van der Waals surface area contributed by atoms with Crippen LogP contribution < -0.4 is 27.3 Å². The fourth-order valence-corrected chi connectivity index (χ4v) is 1.24. The van der Waals surface area contributed by atoms with E-state index in [0.29, 0.717) is 0 Å². The second-order valence-corrected chi connectivity index (χ2v) is 3.65. The van der Waals surface area contributed by atoms with E-state index in [1.54, 1.807) is 0 Å². The average Bonchev–Trinajstić information content (AvgIpc) is 2.37. The fraction of sp³-hybridized carbons (Fsp3) is 0. The molecular formula is C11H16N6O6. The number of hydrogen-bond donors (Lipinski definition) is 4. The minimum Gasteiger partial charge on any atom is -0.545 e. The number of carboxylic acid groups (broad SMARTS) is 2. The van der Waals surface area contributed by atoms with Gasteiger partial charge in [-0.1, -0.05) is 22.1 Å². The number of rotatable bonds is 2. The van der Waals surface area contributed by atoms with Crippen LogP contribution in [-0.4, -0.2) is 38.0 Å². The van der Waals surface area contributed by atoms with Gasteiger partial charge in [0.05, 0.1) is 11.5 Å². The summed E-state index contributed by atoms with van der Waals surface area (Å²) in [4.78, 5) is 30.2. The zero-order valence-corrected chi connectivity index (χ0v) is 11.6. The number of nitrogen functional groups attached to an aromatic ring is 3. The molecule has 0 spiro atoms. The molecule has 0 saturated heterocycles. The predicted octanol–water partition coefficient (Wildman–Crippen LogP) is -3.86. The van der Waals surface area contributed by atoms with Crippen molar-refractivity contribution in [1.29, 1.82) is 0 Å². The number of nitrogens with zero attached hydrogens (tertiary/aromatic N) is 2. The summed E-state index contributed by atoms with van der Waals surface area (Å²) in [6.07, 6.45) is 0. The Kier molecular flexibility index (Phi) is 8.93. The summed E-state index contributed by atoms with van der Waals surface area (Å²) >= 11 is 0. The van der Waals surface area contributed by atoms with Crippen molar-refractivity contribution < 1.29 is 35.7 Å². The third kappa shape index (κ3) is 7.16. The van der Waals surface area contributed by atoms with Gasteiger partial charge in [-0.25, -0.2) is 9.78 Å². The molecule has 12 nitrogen and oxygen atoms in total. The number of nitrogens with one attached hydrogen (secondary N) is 1. The molecule has 12 N–H and O–H groups in total. The van der Waals surface area contributed by atoms with Gasteiger partial charge < -0.3 is 43.2 Å². The summed E-state index contributed by atoms with van der Waals surface area (Å²) in [5.41, 5.74) is 15.4. The van der Waals surface area contributed by atoms with Gasteiger partial charge in [-0.15, -0.1) is 0 Å². The summed E-state index contributed by atoms with van der Waals surface area (Å²) in [6, 6.07) is 5.00.